The number of alkyl carbamates (subject to hydrolysis) is 1. The normalized spacial score (nSPS) is 16.5. The van der Waals surface area contributed by atoms with Crippen molar-refractivity contribution in [3.05, 3.63) is 22.9 Å². The molecule has 3 N–H and O–H groups in total. The van der Waals surface area contributed by atoms with Gasteiger partial charge >= 0.3 is 6.09 Å². The number of rotatable bonds is 7. The molecule has 204 valence electrons. The van der Waals surface area contributed by atoms with Gasteiger partial charge in [0.25, 0.3) is 0 Å². The Morgan fingerprint density at radius 1 is 1.29 bits per heavy atom. The SMILES string of the molecule is CC(C)(C)OC(=O)NC(CCn1c(Sc2cc3c(cc2Br)OCO3)nc2c(N)ncnc21)C1CCSCC1. The van der Waals surface area contributed by atoms with Crippen molar-refractivity contribution in [1.82, 2.24) is 24.8 Å². The standard InChI is InChI=1S/C25H31BrN6O4S2/c1-25(2,3)36-24(33)30-16(14-5-8-37-9-6-14)4-7-32-22-20(21(27)28-12-29-22)31-23(32)38-19-11-18-17(10-15(19)26)34-13-35-18/h10-12,14,16H,4-9,13H2,1-3H3,(H,30,33)(H2,27,28,29). The number of nitrogens with zero attached hydrogens (tertiary/aromatic N) is 4. The average Bonchev–Trinajstić information content (AvgIpc) is 3.46. The number of ether oxygens (including phenoxy) is 3. The Kier molecular flexibility index (Phi) is 8.15. The number of nitrogens with one attached hydrogen (secondary N) is 1. The van der Waals surface area contributed by atoms with Gasteiger partial charge in [0.15, 0.2) is 33.6 Å². The fraction of sp³-hybridized carbons (Fsp3) is 0.520. The van der Waals surface area contributed by atoms with Crippen molar-refractivity contribution in [2.24, 2.45) is 5.92 Å². The van der Waals surface area contributed by atoms with Gasteiger partial charge in [-0.3, -0.25) is 0 Å². The molecule has 2 aromatic heterocycles. The van der Waals surface area contributed by atoms with Crippen molar-refractivity contribution < 1.29 is 19.0 Å². The van der Waals surface area contributed by atoms with E-state index in [1.165, 1.54) is 18.1 Å². The molecule has 38 heavy (non-hydrogen) atoms. The Balaban J connectivity index is 1.43. The monoisotopic (exact) mass is 622 g/mol. The Bertz CT molecular complexity index is 1330. The predicted octanol–water partition coefficient (Wildman–Crippen LogP) is 5.48. The lowest BCUT2D eigenvalue weighted by Gasteiger charge is -2.32. The minimum atomic E-state index is -0.562. The highest BCUT2D eigenvalue weighted by Crippen LogP contribution is 2.43. The maximum absolute atomic E-state index is 12.7. The number of halogens is 1. The van der Waals surface area contributed by atoms with Crippen molar-refractivity contribution >= 4 is 62.5 Å². The van der Waals surface area contributed by atoms with E-state index in [1.807, 2.05) is 44.7 Å². The van der Waals surface area contributed by atoms with Gasteiger partial charge < -0.3 is 29.8 Å². The maximum atomic E-state index is 12.7. The van der Waals surface area contributed by atoms with Crippen molar-refractivity contribution in [3.63, 3.8) is 0 Å². The number of anilines is 1. The molecule has 1 atom stereocenters. The summed E-state index contributed by atoms with van der Waals surface area (Å²) in [6.07, 6.45) is 3.87. The Morgan fingerprint density at radius 3 is 2.76 bits per heavy atom. The van der Waals surface area contributed by atoms with Crippen LogP contribution in [0.25, 0.3) is 11.2 Å². The summed E-state index contributed by atoms with van der Waals surface area (Å²) in [7, 11) is 0. The van der Waals surface area contributed by atoms with Crippen LogP contribution in [0.15, 0.2) is 33.0 Å². The number of hydrogen-bond acceptors (Lipinski definition) is 10. The van der Waals surface area contributed by atoms with Crippen LogP contribution in [0.2, 0.25) is 0 Å². The van der Waals surface area contributed by atoms with Crippen molar-refractivity contribution in [2.75, 3.05) is 24.0 Å². The van der Waals surface area contributed by atoms with Gasteiger partial charge in [-0.2, -0.15) is 11.8 Å². The Hall–Kier alpha value is -2.38. The maximum Gasteiger partial charge on any atom is 0.407 e. The van der Waals surface area contributed by atoms with E-state index in [9.17, 15) is 4.79 Å². The van der Waals surface area contributed by atoms with Crippen LogP contribution < -0.4 is 20.5 Å². The van der Waals surface area contributed by atoms with Crippen LogP contribution in [0.3, 0.4) is 0 Å². The Labute approximate surface area is 238 Å². The molecule has 0 aliphatic carbocycles. The zero-order chi connectivity index (χ0) is 26.9. The van der Waals surface area contributed by atoms with Gasteiger partial charge in [-0.25, -0.2) is 19.7 Å². The van der Waals surface area contributed by atoms with Crippen LogP contribution in [0, 0.1) is 5.92 Å². The first-order chi connectivity index (χ1) is 18.2. The Morgan fingerprint density at radius 2 is 2.03 bits per heavy atom. The summed E-state index contributed by atoms with van der Waals surface area (Å²) in [5.41, 5.74) is 6.83. The van der Waals surface area contributed by atoms with Crippen molar-refractivity contribution in [3.8, 4) is 11.5 Å². The summed E-state index contributed by atoms with van der Waals surface area (Å²) < 4.78 is 19.6. The van der Waals surface area contributed by atoms with E-state index >= 15 is 0 Å². The van der Waals surface area contributed by atoms with E-state index in [2.05, 4.69) is 35.8 Å². The summed E-state index contributed by atoms with van der Waals surface area (Å²) in [6.45, 7) is 6.41. The molecule has 2 aliphatic rings. The van der Waals surface area contributed by atoms with Gasteiger partial charge in [0.2, 0.25) is 6.79 Å². The van der Waals surface area contributed by atoms with Gasteiger partial charge in [-0.15, -0.1) is 0 Å². The number of imidazole rings is 1. The minimum Gasteiger partial charge on any atom is -0.454 e. The lowest BCUT2D eigenvalue weighted by molar-refractivity contribution is 0.0478. The molecule has 1 aromatic carbocycles. The topological polar surface area (TPSA) is 126 Å². The quantitative estimate of drug-likeness (QED) is 0.350. The minimum absolute atomic E-state index is 0.0440. The molecule has 1 fully saturated rings. The van der Waals surface area contributed by atoms with E-state index in [1.54, 1.807) is 0 Å². The summed E-state index contributed by atoms with van der Waals surface area (Å²) in [5, 5.41) is 3.89. The van der Waals surface area contributed by atoms with Crippen LogP contribution >= 0.6 is 39.5 Å². The molecule has 3 aromatic rings. The molecule has 5 rings (SSSR count). The first kappa shape index (κ1) is 27.2. The van der Waals surface area contributed by atoms with Crippen LogP contribution in [0.5, 0.6) is 11.5 Å². The molecule has 1 unspecified atom stereocenters. The largest absolute Gasteiger partial charge is 0.454 e. The van der Waals surface area contributed by atoms with Crippen molar-refractivity contribution in [1.29, 1.82) is 0 Å². The molecule has 10 nitrogen and oxygen atoms in total. The number of thioether (sulfide) groups is 1. The molecular weight excluding hydrogens is 592 g/mol. The van der Waals surface area contributed by atoms with E-state index in [0.717, 1.165) is 38.9 Å². The number of aromatic nitrogens is 4. The first-order valence-corrected chi connectivity index (χ1v) is 15.3. The van der Waals surface area contributed by atoms with E-state index in [4.69, 9.17) is 24.9 Å². The van der Waals surface area contributed by atoms with Gasteiger partial charge in [-0.05, 0) is 85.5 Å². The highest BCUT2D eigenvalue weighted by atomic mass is 79.9. The van der Waals surface area contributed by atoms with Crippen LogP contribution in [-0.4, -0.2) is 55.6 Å². The zero-order valence-corrected chi connectivity index (χ0v) is 24.7. The fourth-order valence-electron chi connectivity index (χ4n) is 4.56. The van der Waals surface area contributed by atoms with E-state index < -0.39 is 5.60 Å². The third-order valence-corrected chi connectivity index (χ3v) is 9.37. The molecule has 0 bridgehead atoms. The number of fused-ring (bicyclic) bond motifs is 2. The molecule has 4 heterocycles. The van der Waals surface area contributed by atoms with Gasteiger partial charge in [0.1, 0.15) is 11.9 Å². The molecule has 1 amide bonds. The van der Waals surface area contributed by atoms with Crippen molar-refractivity contribution in [2.45, 2.75) is 68.3 Å². The number of carbonyl (C=O) groups excluding carboxylic acids is 1. The molecule has 0 spiro atoms. The van der Waals surface area contributed by atoms with Crippen LogP contribution in [0.1, 0.15) is 40.0 Å². The van der Waals surface area contributed by atoms with E-state index in [0.29, 0.717) is 47.4 Å². The number of aryl methyl sites for hydroxylation is 1. The number of amides is 1. The van der Waals surface area contributed by atoms with Gasteiger partial charge in [0.05, 0.1) is 0 Å². The summed E-state index contributed by atoms with van der Waals surface area (Å²) in [6, 6.07) is 3.79. The number of nitrogens with two attached hydrogens (primary N) is 1. The summed E-state index contributed by atoms with van der Waals surface area (Å²) >= 11 is 7.09. The molecule has 13 heteroatoms. The van der Waals surface area contributed by atoms with Gasteiger partial charge in [-0.1, -0.05) is 11.8 Å². The predicted molar refractivity (Wildman–Crippen MR) is 152 cm³/mol. The smallest absolute Gasteiger partial charge is 0.407 e. The number of nitrogen functional groups attached to an aromatic ring is 1. The highest BCUT2D eigenvalue weighted by Gasteiger charge is 2.28. The fourth-order valence-corrected chi connectivity index (χ4v) is 7.21. The molecule has 0 saturated carbocycles. The zero-order valence-electron chi connectivity index (χ0n) is 21.5. The summed E-state index contributed by atoms with van der Waals surface area (Å²) in [5.74, 6) is 4.27. The molecule has 2 aliphatic heterocycles. The van der Waals surface area contributed by atoms with Crippen LogP contribution in [0.4, 0.5) is 10.6 Å². The highest BCUT2D eigenvalue weighted by molar-refractivity contribution is 9.10. The van der Waals surface area contributed by atoms with Gasteiger partial charge in [0, 0.05) is 22.0 Å². The molecule has 1 saturated heterocycles. The second-order valence-electron chi connectivity index (χ2n) is 10.2. The first-order valence-electron chi connectivity index (χ1n) is 12.5. The molecule has 0 radical (unpaired) electrons. The molecular formula is C25H31BrN6O4S2. The number of carbonyl (C=O) groups is 1. The third-order valence-electron chi connectivity index (χ3n) is 6.35. The van der Waals surface area contributed by atoms with E-state index in [-0.39, 0.29) is 18.9 Å². The number of benzene rings is 1. The second-order valence-corrected chi connectivity index (χ2v) is 13.3. The lowest BCUT2D eigenvalue weighted by atomic mass is 9.91. The average molecular weight is 624 g/mol. The second kappa shape index (κ2) is 11.4. The lowest BCUT2D eigenvalue weighted by Crippen LogP contribution is -2.44. The summed E-state index contributed by atoms with van der Waals surface area (Å²) in [4.78, 5) is 27.1. The third kappa shape index (κ3) is 6.26. The van der Waals surface area contributed by atoms with Crippen LogP contribution in [-0.2, 0) is 11.3 Å². The number of hydrogen-bond donors (Lipinski definition) is 2.